The maximum Gasteiger partial charge on any atom is 0.243 e. The largest absolute Gasteiger partial charge is 0.494 e. The molecule has 27 heavy (non-hydrogen) atoms. The zero-order valence-electron chi connectivity index (χ0n) is 15.8. The van der Waals surface area contributed by atoms with E-state index in [9.17, 15) is 14.4 Å². The number of nitrogens with zero attached hydrogens (tertiary/aromatic N) is 1. The zero-order chi connectivity index (χ0) is 19.3. The number of rotatable bonds is 7. The number of carbonyl (C=O) groups is 3. The normalized spacial score (nSPS) is 14.6. The van der Waals surface area contributed by atoms with Crippen molar-refractivity contribution in [3.63, 3.8) is 0 Å². The van der Waals surface area contributed by atoms with Gasteiger partial charge in [-0.3, -0.25) is 14.4 Å². The summed E-state index contributed by atoms with van der Waals surface area (Å²) in [4.78, 5) is 37.4. The molecule has 1 saturated heterocycles. The lowest BCUT2D eigenvalue weighted by Crippen LogP contribution is -2.46. The van der Waals surface area contributed by atoms with Crippen LogP contribution in [0.4, 0.5) is 11.4 Å². The third-order valence-corrected chi connectivity index (χ3v) is 4.27. The van der Waals surface area contributed by atoms with E-state index in [1.165, 1.54) is 7.11 Å². The van der Waals surface area contributed by atoms with Crippen molar-refractivity contribution in [1.82, 2.24) is 5.32 Å². The molecule has 9 heteroatoms. The van der Waals surface area contributed by atoms with Gasteiger partial charge in [0.05, 0.1) is 25.4 Å². The molecule has 0 radical (unpaired) electrons. The van der Waals surface area contributed by atoms with E-state index < -0.39 is 6.04 Å². The predicted molar refractivity (Wildman–Crippen MR) is 106 cm³/mol. The molecular weight excluding hydrogens is 372 g/mol. The summed E-state index contributed by atoms with van der Waals surface area (Å²) in [6.45, 7) is 4.16. The first-order valence-corrected chi connectivity index (χ1v) is 8.65. The highest BCUT2D eigenvalue weighted by Crippen LogP contribution is 2.33. The van der Waals surface area contributed by atoms with Gasteiger partial charge in [0.1, 0.15) is 5.75 Å². The third-order valence-electron chi connectivity index (χ3n) is 4.27. The maximum atomic E-state index is 12.0. The van der Waals surface area contributed by atoms with Crippen LogP contribution >= 0.6 is 12.4 Å². The fourth-order valence-electron chi connectivity index (χ4n) is 2.67. The van der Waals surface area contributed by atoms with Gasteiger partial charge in [-0.05, 0) is 24.5 Å². The summed E-state index contributed by atoms with van der Waals surface area (Å²) in [5.41, 5.74) is 6.93. The van der Waals surface area contributed by atoms with Crippen LogP contribution in [-0.2, 0) is 14.4 Å². The lowest BCUT2D eigenvalue weighted by molar-refractivity contribution is -0.125. The standard InChI is InChI=1S/C18H26N4O4.ClH/c1-11(2)17(19)18(25)20-10-15(23)21-12-6-7-13(14(9-12)26-3)22-8-4-5-16(22)24;/h6-7,9,11,17H,4-5,8,10,19H2,1-3H3,(H,20,25)(H,21,23);1H/t17-;/m0./s1. The van der Waals surface area contributed by atoms with E-state index in [2.05, 4.69) is 10.6 Å². The highest BCUT2D eigenvalue weighted by Gasteiger charge is 2.24. The van der Waals surface area contributed by atoms with Crippen LogP contribution in [0, 0.1) is 5.92 Å². The molecule has 0 aliphatic carbocycles. The fourth-order valence-corrected chi connectivity index (χ4v) is 2.67. The quantitative estimate of drug-likeness (QED) is 0.640. The van der Waals surface area contributed by atoms with Crippen molar-refractivity contribution in [3.05, 3.63) is 18.2 Å². The van der Waals surface area contributed by atoms with E-state index in [0.717, 1.165) is 6.42 Å². The number of nitrogens with two attached hydrogens (primary N) is 1. The van der Waals surface area contributed by atoms with E-state index in [-0.39, 0.29) is 42.6 Å². The molecule has 4 N–H and O–H groups in total. The minimum atomic E-state index is -0.653. The summed E-state index contributed by atoms with van der Waals surface area (Å²) in [7, 11) is 1.51. The number of halogens is 1. The Morgan fingerprint density at radius 3 is 2.59 bits per heavy atom. The van der Waals surface area contributed by atoms with Crippen LogP contribution in [0.15, 0.2) is 18.2 Å². The van der Waals surface area contributed by atoms with E-state index in [4.69, 9.17) is 10.5 Å². The summed E-state index contributed by atoms with van der Waals surface area (Å²) in [5, 5.41) is 5.21. The van der Waals surface area contributed by atoms with E-state index in [1.54, 1.807) is 23.1 Å². The number of hydrogen-bond acceptors (Lipinski definition) is 5. The summed E-state index contributed by atoms with van der Waals surface area (Å²) in [6, 6.07) is 4.44. The van der Waals surface area contributed by atoms with Crippen molar-refractivity contribution in [2.45, 2.75) is 32.7 Å². The number of hydrogen-bond donors (Lipinski definition) is 3. The molecule has 1 heterocycles. The highest BCUT2D eigenvalue weighted by atomic mass is 35.5. The van der Waals surface area contributed by atoms with Gasteiger partial charge in [0, 0.05) is 24.7 Å². The van der Waals surface area contributed by atoms with Crippen LogP contribution in [0.2, 0.25) is 0 Å². The van der Waals surface area contributed by atoms with Crippen LogP contribution in [-0.4, -0.2) is 44.0 Å². The van der Waals surface area contributed by atoms with Crippen molar-refractivity contribution >= 4 is 41.5 Å². The first kappa shape index (κ1) is 22.7. The first-order valence-electron chi connectivity index (χ1n) is 8.65. The number of methoxy groups -OCH3 is 1. The SMILES string of the molecule is COc1cc(NC(=O)CNC(=O)[C@@H](N)C(C)C)ccc1N1CCCC1=O.Cl. The summed E-state index contributed by atoms with van der Waals surface area (Å²) < 4.78 is 5.35. The number of anilines is 2. The lowest BCUT2D eigenvalue weighted by atomic mass is 10.1. The number of benzene rings is 1. The van der Waals surface area contributed by atoms with Gasteiger partial charge in [0.15, 0.2) is 0 Å². The summed E-state index contributed by atoms with van der Waals surface area (Å²) in [5.74, 6) is -0.187. The molecule has 8 nitrogen and oxygen atoms in total. The van der Waals surface area contributed by atoms with E-state index in [1.807, 2.05) is 13.8 Å². The molecule has 2 rings (SSSR count). The monoisotopic (exact) mass is 398 g/mol. The Morgan fingerprint density at radius 1 is 1.33 bits per heavy atom. The topological polar surface area (TPSA) is 114 Å². The van der Waals surface area contributed by atoms with E-state index >= 15 is 0 Å². The van der Waals surface area contributed by atoms with Crippen molar-refractivity contribution < 1.29 is 19.1 Å². The molecule has 0 aromatic heterocycles. The molecule has 1 atom stereocenters. The molecule has 0 spiro atoms. The van der Waals surface area contributed by atoms with Crippen LogP contribution in [0.25, 0.3) is 0 Å². The van der Waals surface area contributed by atoms with Gasteiger partial charge in [0.2, 0.25) is 17.7 Å². The molecule has 1 aromatic carbocycles. The van der Waals surface area contributed by atoms with Crippen LogP contribution in [0.1, 0.15) is 26.7 Å². The minimum Gasteiger partial charge on any atom is -0.494 e. The number of ether oxygens (including phenoxy) is 1. The maximum absolute atomic E-state index is 12.0. The Labute approximate surface area is 165 Å². The average Bonchev–Trinajstić information content (AvgIpc) is 3.04. The van der Waals surface area contributed by atoms with Crippen molar-refractivity contribution in [2.75, 3.05) is 30.4 Å². The lowest BCUT2D eigenvalue weighted by Gasteiger charge is -2.20. The van der Waals surface area contributed by atoms with Gasteiger partial charge in [0.25, 0.3) is 0 Å². The van der Waals surface area contributed by atoms with Gasteiger partial charge in [-0.1, -0.05) is 13.8 Å². The zero-order valence-corrected chi connectivity index (χ0v) is 16.6. The highest BCUT2D eigenvalue weighted by molar-refractivity contribution is 5.98. The number of amides is 3. The van der Waals surface area contributed by atoms with E-state index in [0.29, 0.717) is 30.1 Å². The first-order chi connectivity index (χ1) is 12.3. The molecule has 150 valence electrons. The minimum absolute atomic E-state index is 0. The second-order valence-corrected chi connectivity index (χ2v) is 6.57. The van der Waals surface area contributed by atoms with Crippen LogP contribution in [0.3, 0.4) is 0 Å². The Kier molecular flexibility index (Phi) is 8.52. The molecule has 0 bridgehead atoms. The molecular formula is C18H27ClN4O4. The molecule has 3 amide bonds. The summed E-state index contributed by atoms with van der Waals surface area (Å²) in [6.07, 6.45) is 1.35. The van der Waals surface area contributed by atoms with Gasteiger partial charge < -0.3 is 26.0 Å². The molecule has 1 aliphatic heterocycles. The van der Waals surface area contributed by atoms with Crippen LogP contribution < -0.4 is 26.0 Å². The van der Waals surface area contributed by atoms with Gasteiger partial charge in [-0.2, -0.15) is 0 Å². The molecule has 0 unspecified atom stereocenters. The van der Waals surface area contributed by atoms with Crippen molar-refractivity contribution in [1.29, 1.82) is 0 Å². The van der Waals surface area contributed by atoms with Crippen molar-refractivity contribution in [2.24, 2.45) is 11.7 Å². The van der Waals surface area contributed by atoms with Crippen molar-refractivity contribution in [3.8, 4) is 5.75 Å². The Morgan fingerprint density at radius 2 is 2.04 bits per heavy atom. The summed E-state index contributed by atoms with van der Waals surface area (Å²) >= 11 is 0. The fraction of sp³-hybridized carbons (Fsp3) is 0.500. The van der Waals surface area contributed by atoms with Crippen LogP contribution in [0.5, 0.6) is 5.75 Å². The predicted octanol–water partition coefficient (Wildman–Crippen LogP) is 1.28. The second kappa shape index (κ2) is 10.1. The van der Waals surface area contributed by atoms with Gasteiger partial charge in [-0.15, -0.1) is 12.4 Å². The van der Waals surface area contributed by atoms with Gasteiger partial charge in [-0.25, -0.2) is 0 Å². The number of nitrogens with one attached hydrogen (secondary N) is 2. The molecule has 1 aromatic rings. The van der Waals surface area contributed by atoms with Gasteiger partial charge >= 0.3 is 0 Å². The number of carbonyl (C=O) groups excluding carboxylic acids is 3. The smallest absolute Gasteiger partial charge is 0.243 e. The molecule has 1 aliphatic rings. The second-order valence-electron chi connectivity index (χ2n) is 6.57. The average molecular weight is 399 g/mol. The Bertz CT molecular complexity index is 696. The molecule has 1 fully saturated rings. The third kappa shape index (κ3) is 5.83. The Balaban J connectivity index is 0.00000364. The molecule has 0 saturated carbocycles. The Hall–Kier alpha value is -2.32.